The molecule has 2 saturated carbocycles. The molecule has 0 radical (unpaired) electrons. The van der Waals surface area contributed by atoms with Gasteiger partial charge in [-0.1, -0.05) is 51.1 Å². The third kappa shape index (κ3) is 2.28. The molecule has 4 atom stereocenters. The number of fused-ring (bicyclic) bond motifs is 1. The Balaban J connectivity index is 1.65. The number of ketones is 2. The predicted molar refractivity (Wildman–Crippen MR) is 97.8 cm³/mol. The smallest absolute Gasteiger partial charge is 0.173 e. The molecule has 1 aromatic carbocycles. The van der Waals surface area contributed by atoms with Gasteiger partial charge in [-0.3, -0.25) is 9.59 Å². The number of rotatable bonds is 2. The lowest BCUT2D eigenvalue weighted by molar-refractivity contribution is -0.267. The summed E-state index contributed by atoms with van der Waals surface area (Å²) in [6, 6.07) is 9.22. The van der Waals surface area contributed by atoms with Crippen molar-refractivity contribution in [1.82, 2.24) is 0 Å². The topological polar surface area (TPSA) is 52.6 Å². The molecular formula is C22H28O4. The van der Waals surface area contributed by atoms with Gasteiger partial charge < -0.3 is 9.47 Å². The molecule has 26 heavy (non-hydrogen) atoms. The molecule has 140 valence electrons. The van der Waals surface area contributed by atoms with E-state index >= 15 is 0 Å². The van der Waals surface area contributed by atoms with E-state index in [1.807, 2.05) is 30.3 Å². The quantitative estimate of drug-likeness (QED) is 0.593. The Labute approximate surface area is 155 Å². The van der Waals surface area contributed by atoms with Crippen molar-refractivity contribution in [2.24, 2.45) is 22.7 Å². The van der Waals surface area contributed by atoms with Crippen molar-refractivity contribution in [3.8, 4) is 0 Å². The van der Waals surface area contributed by atoms with Crippen LogP contribution in [0.4, 0.5) is 0 Å². The number of hydrogen-bond acceptors (Lipinski definition) is 4. The Hall–Kier alpha value is -1.52. The van der Waals surface area contributed by atoms with Crippen molar-refractivity contribution >= 4 is 11.6 Å². The number of Topliss-reactive ketones (excluding diaryl/α,β-unsaturated/α-hetero) is 2. The molecular weight excluding hydrogens is 328 g/mol. The molecule has 1 aromatic rings. The van der Waals surface area contributed by atoms with Gasteiger partial charge in [0.05, 0.1) is 19.1 Å². The normalized spacial score (nSPS) is 39.0. The molecule has 3 fully saturated rings. The van der Waals surface area contributed by atoms with Crippen LogP contribution in [0.2, 0.25) is 0 Å². The van der Waals surface area contributed by atoms with Gasteiger partial charge in [0.2, 0.25) is 0 Å². The molecule has 4 unspecified atom stereocenters. The van der Waals surface area contributed by atoms with Gasteiger partial charge in [-0.25, -0.2) is 0 Å². The van der Waals surface area contributed by atoms with Crippen LogP contribution in [0, 0.1) is 22.7 Å². The van der Waals surface area contributed by atoms with Crippen LogP contribution in [0.1, 0.15) is 56.8 Å². The summed E-state index contributed by atoms with van der Waals surface area (Å²) in [7, 11) is 0. The number of benzene rings is 1. The average Bonchev–Trinajstić information content (AvgIpc) is 3.13. The zero-order chi connectivity index (χ0) is 18.6. The molecule has 2 aliphatic carbocycles. The SMILES string of the molecule is CC1C2(CCC3(C)C(=O)C(C(=O)c4ccccc4)CCC13C)OCCO2. The molecule has 1 heterocycles. The van der Waals surface area contributed by atoms with Crippen LogP contribution in [-0.4, -0.2) is 30.6 Å². The van der Waals surface area contributed by atoms with E-state index in [2.05, 4.69) is 20.8 Å². The second-order valence-corrected chi connectivity index (χ2v) is 8.67. The lowest BCUT2D eigenvalue weighted by atomic mass is 9.44. The van der Waals surface area contributed by atoms with E-state index in [0.717, 1.165) is 12.8 Å². The number of ether oxygens (including phenoxy) is 2. The van der Waals surface area contributed by atoms with Crippen LogP contribution in [0.25, 0.3) is 0 Å². The third-order valence-corrected chi connectivity index (χ3v) is 7.81. The van der Waals surface area contributed by atoms with Gasteiger partial charge in [-0.15, -0.1) is 0 Å². The first-order valence-electron chi connectivity index (χ1n) is 9.76. The second-order valence-electron chi connectivity index (χ2n) is 8.67. The highest BCUT2D eigenvalue weighted by Gasteiger charge is 2.66. The standard InChI is InChI=1S/C22H28O4/c1-15-20(2)10-9-17(18(23)16-7-5-4-6-8-16)19(24)21(20,3)11-12-22(15)25-13-14-26-22/h4-8,15,17H,9-14H2,1-3H3. The van der Waals surface area contributed by atoms with Gasteiger partial charge in [0.15, 0.2) is 11.6 Å². The fourth-order valence-corrected chi connectivity index (χ4v) is 5.66. The lowest BCUT2D eigenvalue weighted by Crippen LogP contribution is -2.63. The van der Waals surface area contributed by atoms with Crippen LogP contribution in [0.5, 0.6) is 0 Å². The number of carbonyl (C=O) groups is 2. The van der Waals surface area contributed by atoms with Crippen molar-refractivity contribution in [1.29, 1.82) is 0 Å². The van der Waals surface area contributed by atoms with E-state index < -0.39 is 17.1 Å². The van der Waals surface area contributed by atoms with Gasteiger partial charge in [-0.05, 0) is 24.7 Å². The predicted octanol–water partition coefficient (Wildman–Crippen LogP) is 4.03. The van der Waals surface area contributed by atoms with Crippen molar-refractivity contribution in [3.63, 3.8) is 0 Å². The van der Waals surface area contributed by atoms with Gasteiger partial charge in [0.25, 0.3) is 0 Å². The first-order valence-corrected chi connectivity index (χ1v) is 9.76. The van der Waals surface area contributed by atoms with Crippen molar-refractivity contribution in [2.45, 2.75) is 52.2 Å². The van der Waals surface area contributed by atoms with Crippen LogP contribution in [0.15, 0.2) is 30.3 Å². The van der Waals surface area contributed by atoms with E-state index in [9.17, 15) is 9.59 Å². The minimum Gasteiger partial charge on any atom is -0.347 e. The molecule has 0 aromatic heterocycles. The van der Waals surface area contributed by atoms with E-state index in [1.165, 1.54) is 0 Å². The summed E-state index contributed by atoms with van der Waals surface area (Å²) in [5, 5.41) is 0. The van der Waals surface area contributed by atoms with E-state index in [1.54, 1.807) is 0 Å². The Morgan fingerprint density at radius 1 is 1.04 bits per heavy atom. The Morgan fingerprint density at radius 3 is 2.35 bits per heavy atom. The maximum atomic E-state index is 13.5. The van der Waals surface area contributed by atoms with Crippen LogP contribution in [0.3, 0.4) is 0 Å². The minimum absolute atomic E-state index is 0.0276. The van der Waals surface area contributed by atoms with Crippen molar-refractivity contribution in [3.05, 3.63) is 35.9 Å². The van der Waals surface area contributed by atoms with Crippen molar-refractivity contribution < 1.29 is 19.1 Å². The first-order chi connectivity index (χ1) is 12.3. The van der Waals surface area contributed by atoms with E-state index in [0.29, 0.717) is 31.6 Å². The van der Waals surface area contributed by atoms with Crippen LogP contribution >= 0.6 is 0 Å². The number of hydrogen-bond donors (Lipinski definition) is 0. The fraction of sp³-hybridized carbons (Fsp3) is 0.636. The lowest BCUT2D eigenvalue weighted by Gasteiger charge is -2.61. The summed E-state index contributed by atoms with van der Waals surface area (Å²) in [5.41, 5.74) is -0.0960. The maximum absolute atomic E-state index is 13.5. The first kappa shape index (κ1) is 17.9. The van der Waals surface area contributed by atoms with Gasteiger partial charge in [0.1, 0.15) is 5.78 Å². The minimum atomic E-state index is -0.551. The molecule has 4 nitrogen and oxygen atoms in total. The summed E-state index contributed by atoms with van der Waals surface area (Å²) >= 11 is 0. The zero-order valence-electron chi connectivity index (χ0n) is 15.9. The molecule has 1 spiro atoms. The summed E-state index contributed by atoms with van der Waals surface area (Å²) in [4.78, 5) is 26.5. The highest BCUT2D eigenvalue weighted by atomic mass is 16.7. The summed E-state index contributed by atoms with van der Waals surface area (Å²) in [5.74, 6) is -0.875. The highest BCUT2D eigenvalue weighted by molar-refractivity contribution is 6.12. The molecule has 0 amide bonds. The Kier molecular flexibility index (Phi) is 4.12. The summed E-state index contributed by atoms with van der Waals surface area (Å²) in [6.45, 7) is 7.68. The molecule has 1 saturated heterocycles. The second kappa shape index (κ2) is 6.00. The van der Waals surface area contributed by atoms with Gasteiger partial charge in [0, 0.05) is 23.3 Å². The van der Waals surface area contributed by atoms with E-state index in [-0.39, 0.29) is 22.9 Å². The Morgan fingerprint density at radius 2 is 1.69 bits per heavy atom. The fourth-order valence-electron chi connectivity index (χ4n) is 5.66. The monoisotopic (exact) mass is 356 g/mol. The third-order valence-electron chi connectivity index (χ3n) is 7.81. The van der Waals surface area contributed by atoms with E-state index in [4.69, 9.17) is 9.47 Å². The van der Waals surface area contributed by atoms with Gasteiger partial charge in [-0.2, -0.15) is 0 Å². The summed E-state index contributed by atoms with van der Waals surface area (Å²) < 4.78 is 12.1. The van der Waals surface area contributed by atoms with Crippen molar-refractivity contribution in [2.75, 3.05) is 13.2 Å². The summed E-state index contributed by atoms with van der Waals surface area (Å²) in [6.07, 6.45) is 2.89. The molecule has 0 bridgehead atoms. The molecule has 0 N–H and O–H groups in total. The van der Waals surface area contributed by atoms with Crippen LogP contribution in [-0.2, 0) is 14.3 Å². The average molecular weight is 356 g/mol. The molecule has 3 aliphatic rings. The van der Waals surface area contributed by atoms with Crippen LogP contribution < -0.4 is 0 Å². The molecule has 4 rings (SSSR count). The zero-order valence-corrected chi connectivity index (χ0v) is 15.9. The highest BCUT2D eigenvalue weighted by Crippen LogP contribution is 2.64. The molecule has 1 aliphatic heterocycles. The van der Waals surface area contributed by atoms with Gasteiger partial charge >= 0.3 is 0 Å². The maximum Gasteiger partial charge on any atom is 0.173 e. The Bertz CT molecular complexity index is 721. The number of carbonyl (C=O) groups excluding carboxylic acids is 2. The largest absolute Gasteiger partial charge is 0.347 e. The molecule has 4 heteroatoms.